The van der Waals surface area contributed by atoms with E-state index in [1.54, 1.807) is 5.38 Å². The number of nitro benzene ring substituents is 1. The van der Waals surface area contributed by atoms with Gasteiger partial charge in [0.15, 0.2) is 0 Å². The molecule has 3 aromatic rings. The number of thiazole rings is 1. The van der Waals surface area contributed by atoms with E-state index in [1.165, 1.54) is 11.3 Å². The maximum Gasteiger partial charge on any atom is 0.317 e. The number of rotatable bonds is 5. The molecule has 0 fully saturated rings. The van der Waals surface area contributed by atoms with Crippen LogP contribution in [0.2, 0.25) is 0 Å². The lowest BCUT2D eigenvalue weighted by Crippen LogP contribution is -2.12. The van der Waals surface area contributed by atoms with Gasteiger partial charge in [0, 0.05) is 23.1 Å². The molecule has 26 heavy (non-hydrogen) atoms. The fourth-order valence-corrected chi connectivity index (χ4v) is 3.14. The molecule has 0 saturated carbocycles. The summed E-state index contributed by atoms with van der Waals surface area (Å²) < 4.78 is 18.3. The average Bonchev–Trinajstić information content (AvgIpc) is 3.03. The Kier molecular flexibility index (Phi) is 5.04. The summed E-state index contributed by atoms with van der Waals surface area (Å²) in [6.45, 7) is 1.97. The Hall–Kier alpha value is -3.13. The summed E-state index contributed by atoms with van der Waals surface area (Å²) in [4.78, 5) is 26.7. The minimum absolute atomic E-state index is 0.171. The number of halogens is 1. The molecule has 1 heterocycles. The first-order valence-electron chi connectivity index (χ1n) is 7.58. The molecule has 6 nitrogen and oxygen atoms in total. The number of ether oxygens (including phenoxy) is 1. The topological polar surface area (TPSA) is 82.3 Å². The van der Waals surface area contributed by atoms with Crippen molar-refractivity contribution in [3.63, 3.8) is 0 Å². The van der Waals surface area contributed by atoms with Gasteiger partial charge in [-0.25, -0.2) is 9.37 Å². The zero-order valence-electron chi connectivity index (χ0n) is 13.6. The maximum absolute atomic E-state index is 13.3. The number of carbonyl (C=O) groups excluding carboxylic acids is 1. The van der Waals surface area contributed by atoms with Gasteiger partial charge in [0.25, 0.3) is 0 Å². The van der Waals surface area contributed by atoms with Crippen LogP contribution in [0.1, 0.15) is 11.3 Å². The predicted molar refractivity (Wildman–Crippen MR) is 94.7 cm³/mol. The van der Waals surface area contributed by atoms with Crippen molar-refractivity contribution >= 4 is 23.0 Å². The largest absolute Gasteiger partial charge is 0.419 e. The van der Waals surface area contributed by atoms with Crippen molar-refractivity contribution in [3.05, 3.63) is 75.0 Å². The van der Waals surface area contributed by atoms with Gasteiger partial charge in [-0.15, -0.1) is 11.3 Å². The zero-order valence-corrected chi connectivity index (χ0v) is 14.5. The lowest BCUT2D eigenvalue weighted by Gasteiger charge is -2.04. The molecule has 0 N–H and O–H groups in total. The molecule has 132 valence electrons. The molecule has 8 heteroatoms. The third-order valence-electron chi connectivity index (χ3n) is 3.48. The van der Waals surface area contributed by atoms with Gasteiger partial charge in [0.2, 0.25) is 5.75 Å². The highest BCUT2D eigenvalue weighted by Gasteiger charge is 2.20. The predicted octanol–water partition coefficient (Wildman–Crippen LogP) is 4.31. The van der Waals surface area contributed by atoms with Crippen LogP contribution in [-0.4, -0.2) is 15.9 Å². The normalized spacial score (nSPS) is 10.5. The highest BCUT2D eigenvalue weighted by molar-refractivity contribution is 7.13. The summed E-state index contributed by atoms with van der Waals surface area (Å²) in [7, 11) is 0. The van der Waals surface area contributed by atoms with Gasteiger partial charge in [0.05, 0.1) is 17.0 Å². The lowest BCUT2D eigenvalue weighted by atomic mass is 10.1. The number of aromatic nitrogens is 1. The molecule has 0 radical (unpaired) electrons. The number of nitrogens with zero attached hydrogens (tertiary/aromatic N) is 2. The molecule has 0 bridgehead atoms. The second kappa shape index (κ2) is 7.40. The molecule has 1 aromatic heterocycles. The van der Waals surface area contributed by atoms with Crippen molar-refractivity contribution in [3.8, 4) is 16.3 Å². The number of benzene rings is 2. The van der Waals surface area contributed by atoms with Crippen LogP contribution >= 0.6 is 11.3 Å². The minimum Gasteiger partial charge on any atom is -0.419 e. The SMILES string of the molecule is Cc1cccc(-c2nc(CC(=O)Oc3cc(F)ccc3[N+](=O)[O-])cs2)c1. The third kappa shape index (κ3) is 4.09. The van der Waals surface area contributed by atoms with Crippen LogP contribution in [0.25, 0.3) is 10.6 Å². The van der Waals surface area contributed by atoms with Crippen molar-refractivity contribution in [2.45, 2.75) is 13.3 Å². The smallest absolute Gasteiger partial charge is 0.317 e. The van der Waals surface area contributed by atoms with Crippen LogP contribution in [0.4, 0.5) is 10.1 Å². The molecular formula is C18H13FN2O4S. The fourth-order valence-electron chi connectivity index (χ4n) is 2.33. The number of aryl methyl sites for hydroxylation is 1. The summed E-state index contributed by atoms with van der Waals surface area (Å²) in [5.74, 6) is -1.90. The molecular weight excluding hydrogens is 359 g/mol. The molecule has 0 spiro atoms. The van der Waals surface area contributed by atoms with Gasteiger partial charge in [-0.2, -0.15) is 0 Å². The number of hydrogen-bond donors (Lipinski definition) is 0. The standard InChI is InChI=1S/C18H13FN2O4S/c1-11-3-2-4-12(7-11)18-20-14(10-26-18)9-17(22)25-16-8-13(19)5-6-15(16)21(23)24/h2-8,10H,9H2,1H3. The van der Waals surface area contributed by atoms with Gasteiger partial charge in [-0.05, 0) is 19.1 Å². The van der Waals surface area contributed by atoms with E-state index in [4.69, 9.17) is 4.74 Å². The monoisotopic (exact) mass is 372 g/mol. The van der Waals surface area contributed by atoms with Gasteiger partial charge in [-0.3, -0.25) is 14.9 Å². The molecule has 0 aliphatic rings. The summed E-state index contributed by atoms with van der Waals surface area (Å²) in [6, 6.07) is 10.5. The zero-order chi connectivity index (χ0) is 18.7. The van der Waals surface area contributed by atoms with E-state index in [0.717, 1.165) is 34.3 Å². The first kappa shape index (κ1) is 17.7. The summed E-state index contributed by atoms with van der Waals surface area (Å²) in [5.41, 5.74) is 2.04. The van der Waals surface area contributed by atoms with Crippen LogP contribution in [0.3, 0.4) is 0 Å². The first-order valence-corrected chi connectivity index (χ1v) is 8.46. The molecule has 0 atom stereocenters. The van der Waals surface area contributed by atoms with Crippen LogP contribution < -0.4 is 4.74 Å². The number of hydrogen-bond acceptors (Lipinski definition) is 6. The van der Waals surface area contributed by atoms with E-state index < -0.39 is 28.1 Å². The van der Waals surface area contributed by atoms with Gasteiger partial charge < -0.3 is 4.74 Å². The van der Waals surface area contributed by atoms with E-state index in [1.807, 2.05) is 31.2 Å². The molecule has 0 amide bonds. The van der Waals surface area contributed by atoms with E-state index in [0.29, 0.717) is 5.69 Å². The quantitative estimate of drug-likeness (QED) is 0.288. The van der Waals surface area contributed by atoms with Crippen molar-refractivity contribution in [1.82, 2.24) is 4.98 Å². The fraction of sp³-hybridized carbons (Fsp3) is 0.111. The van der Waals surface area contributed by atoms with E-state index in [2.05, 4.69) is 4.98 Å². The van der Waals surface area contributed by atoms with Crippen molar-refractivity contribution < 1.29 is 18.8 Å². The molecule has 0 aliphatic heterocycles. The summed E-state index contributed by atoms with van der Waals surface area (Å²) in [5, 5.41) is 13.4. The number of nitro groups is 1. The van der Waals surface area contributed by atoms with Crippen LogP contribution in [0.15, 0.2) is 47.8 Å². The molecule has 2 aromatic carbocycles. The molecule has 0 saturated heterocycles. The average molecular weight is 372 g/mol. The Morgan fingerprint density at radius 3 is 2.85 bits per heavy atom. The van der Waals surface area contributed by atoms with E-state index in [9.17, 15) is 19.3 Å². The van der Waals surface area contributed by atoms with Crippen molar-refractivity contribution in [2.75, 3.05) is 0 Å². The Morgan fingerprint density at radius 1 is 1.31 bits per heavy atom. The highest BCUT2D eigenvalue weighted by atomic mass is 32.1. The van der Waals surface area contributed by atoms with E-state index >= 15 is 0 Å². The molecule has 0 aliphatic carbocycles. The minimum atomic E-state index is -0.750. The van der Waals surface area contributed by atoms with Gasteiger partial charge in [-0.1, -0.05) is 23.8 Å². The molecule has 3 rings (SSSR count). The Balaban J connectivity index is 1.74. The maximum atomic E-state index is 13.3. The summed E-state index contributed by atoms with van der Waals surface area (Å²) in [6.07, 6.45) is -0.171. The van der Waals surface area contributed by atoms with E-state index in [-0.39, 0.29) is 6.42 Å². The highest BCUT2D eigenvalue weighted by Crippen LogP contribution is 2.28. The van der Waals surface area contributed by atoms with Crippen LogP contribution in [0.5, 0.6) is 5.75 Å². The second-order valence-corrected chi connectivity index (χ2v) is 6.39. The lowest BCUT2D eigenvalue weighted by molar-refractivity contribution is -0.385. The van der Waals surface area contributed by atoms with Crippen LogP contribution in [-0.2, 0) is 11.2 Å². The summed E-state index contributed by atoms with van der Waals surface area (Å²) >= 11 is 1.38. The second-order valence-electron chi connectivity index (χ2n) is 5.53. The van der Waals surface area contributed by atoms with Crippen LogP contribution in [0, 0.1) is 22.9 Å². The molecule has 0 unspecified atom stereocenters. The Morgan fingerprint density at radius 2 is 2.12 bits per heavy atom. The third-order valence-corrected chi connectivity index (χ3v) is 4.42. The number of carbonyl (C=O) groups is 1. The van der Waals surface area contributed by atoms with Crippen molar-refractivity contribution in [2.24, 2.45) is 0 Å². The Bertz CT molecular complexity index is 987. The van der Waals surface area contributed by atoms with Gasteiger partial charge in [0.1, 0.15) is 10.8 Å². The van der Waals surface area contributed by atoms with Crippen molar-refractivity contribution in [1.29, 1.82) is 0 Å². The Labute approximate surface area is 152 Å². The first-order chi connectivity index (χ1) is 12.4. The number of esters is 1. The van der Waals surface area contributed by atoms with Gasteiger partial charge >= 0.3 is 11.7 Å².